The number of carbonyl (C=O) groups is 2. The molecule has 0 radical (unpaired) electrons. The number of carbonyl (C=O) groups excluding carboxylic acids is 1. The molecule has 3 aromatic carbocycles. The maximum atomic E-state index is 11.3. The highest BCUT2D eigenvalue weighted by molar-refractivity contribution is 8.24. The molecule has 0 saturated heterocycles. The monoisotopic (exact) mass is 751 g/mol. The molecule has 13 nitrogen and oxygen atoms in total. The van der Waals surface area contributed by atoms with Crippen molar-refractivity contribution in [2.24, 2.45) is 11.5 Å². The molecule has 9 N–H and O–H groups in total. The highest BCUT2D eigenvalue weighted by Gasteiger charge is 2.09. The molecule has 246 valence electrons. The molecule has 0 saturated carbocycles. The van der Waals surface area contributed by atoms with Gasteiger partial charge in [-0.05, 0) is 101 Å². The number of aromatic carboxylic acids is 1. The second-order valence-electron chi connectivity index (χ2n) is 8.80. The van der Waals surface area contributed by atoms with E-state index in [4.69, 9.17) is 38.8 Å². The van der Waals surface area contributed by atoms with Gasteiger partial charge in [0.05, 0.1) is 22.0 Å². The molecule has 5 aromatic rings. The number of nitrogens with zero attached hydrogens (tertiary/aromatic N) is 2. The van der Waals surface area contributed by atoms with Crippen LogP contribution in [0, 0.1) is 20.8 Å². The van der Waals surface area contributed by atoms with E-state index in [-0.39, 0.29) is 16.4 Å². The maximum Gasteiger partial charge on any atom is 0.339 e. The average molecular weight is 754 g/mol. The lowest BCUT2D eigenvalue weighted by Crippen LogP contribution is -2.22. The lowest BCUT2D eigenvalue weighted by Gasteiger charge is -2.02. The molecule has 2 amide bonds. The molecular weight excluding hydrogens is 727 g/mol. The minimum Gasteiger partial charge on any atom is -0.478 e. The maximum absolute atomic E-state index is 11.3. The number of hydrogen-bond acceptors (Lipinski definition) is 8. The van der Waals surface area contributed by atoms with Crippen LogP contribution < -0.4 is 28.5 Å². The van der Waals surface area contributed by atoms with Crippen molar-refractivity contribution in [3.63, 3.8) is 0 Å². The van der Waals surface area contributed by atoms with Crippen molar-refractivity contribution in [2.45, 2.75) is 20.8 Å². The number of benzene rings is 3. The van der Waals surface area contributed by atoms with Crippen LogP contribution in [0.1, 0.15) is 27.0 Å². The van der Waals surface area contributed by atoms with Gasteiger partial charge >= 0.3 is 22.9 Å². The van der Waals surface area contributed by atoms with E-state index in [1.165, 1.54) is 0 Å². The smallest absolute Gasteiger partial charge is 0.339 e. The van der Waals surface area contributed by atoms with Gasteiger partial charge in [0.15, 0.2) is 0 Å². The third kappa shape index (κ3) is 14.1. The van der Waals surface area contributed by atoms with Crippen molar-refractivity contribution in [2.75, 3.05) is 5.73 Å². The van der Waals surface area contributed by atoms with Gasteiger partial charge < -0.3 is 27.3 Å². The number of hydrogen-bond donors (Lipinski definition) is 6. The Hall–Kier alpha value is -3.84. The van der Waals surface area contributed by atoms with Crippen molar-refractivity contribution in [3.8, 4) is 0 Å². The number of urea groups is 1. The molecule has 2 aromatic heterocycles. The molecule has 0 fully saturated rings. The molecule has 0 aliphatic heterocycles. The van der Waals surface area contributed by atoms with Crippen LogP contribution in [0.15, 0.2) is 64.2 Å². The SMILES string of the molecule is Cc1cccc(N)c1C(=O)O.Cc1cccc2[nH]c(=O)[nH]c(=O)c12.Cc1cccc2nc(Cl)nc(Cl)c12.NC(N)=O.O=P(Cl)(Cl)Cl. The Morgan fingerprint density at radius 3 is 1.78 bits per heavy atom. The zero-order chi connectivity index (χ0) is 35.4. The number of aryl methyl sites for hydroxylation is 3. The Morgan fingerprint density at radius 1 is 0.804 bits per heavy atom. The number of nitrogens with two attached hydrogens (primary N) is 3. The molecule has 46 heavy (non-hydrogen) atoms. The van der Waals surface area contributed by atoms with Crippen LogP contribution in [0.25, 0.3) is 21.8 Å². The minimum atomic E-state index is -3.22. The fourth-order valence-corrected chi connectivity index (χ4v) is 4.19. The van der Waals surface area contributed by atoms with Gasteiger partial charge in [-0.2, -0.15) is 0 Å². The first-order valence-corrected chi connectivity index (χ1v) is 17.5. The van der Waals surface area contributed by atoms with E-state index in [9.17, 15) is 18.9 Å². The first-order chi connectivity index (χ1) is 21.2. The number of rotatable bonds is 1. The molecule has 0 atom stereocenters. The number of anilines is 1. The largest absolute Gasteiger partial charge is 0.478 e. The van der Waals surface area contributed by atoms with Crippen LogP contribution in [0.2, 0.25) is 10.4 Å². The number of H-pyrrole nitrogens is 2. The van der Waals surface area contributed by atoms with Crippen LogP contribution in [0.3, 0.4) is 0 Å². The second-order valence-corrected chi connectivity index (χ2v) is 16.1. The number of primary amides is 2. The van der Waals surface area contributed by atoms with Crippen LogP contribution in [0.4, 0.5) is 10.5 Å². The summed E-state index contributed by atoms with van der Waals surface area (Å²) in [6.07, 6.45) is 0. The predicted molar refractivity (Wildman–Crippen MR) is 186 cm³/mol. The van der Waals surface area contributed by atoms with E-state index in [0.717, 1.165) is 22.0 Å². The van der Waals surface area contributed by atoms with E-state index in [2.05, 4.69) is 65.1 Å². The first-order valence-electron chi connectivity index (χ1n) is 12.4. The third-order valence-electron chi connectivity index (χ3n) is 5.35. The van der Waals surface area contributed by atoms with Crippen LogP contribution >= 0.6 is 62.1 Å². The van der Waals surface area contributed by atoms with Crippen molar-refractivity contribution >= 4 is 102 Å². The molecule has 19 heteroatoms. The Kier molecular flexibility index (Phi) is 16.0. The third-order valence-corrected chi connectivity index (χ3v) is 5.80. The van der Waals surface area contributed by atoms with E-state index < -0.39 is 22.9 Å². The topological polar surface area (TPSA) is 241 Å². The quantitative estimate of drug-likeness (QED) is 0.0452. The Labute approximate surface area is 285 Å². The van der Waals surface area contributed by atoms with Gasteiger partial charge in [-0.3, -0.25) is 14.3 Å². The number of aromatic nitrogens is 4. The van der Waals surface area contributed by atoms with Crippen LogP contribution in [0.5, 0.6) is 0 Å². The zero-order valence-corrected chi connectivity index (χ0v) is 28.8. The van der Waals surface area contributed by atoms with Crippen molar-refractivity contribution < 1.29 is 19.3 Å². The number of nitrogens with one attached hydrogen (secondary N) is 2. The molecule has 5 rings (SSSR count). The molecule has 0 spiro atoms. The summed E-state index contributed by atoms with van der Waals surface area (Å²) in [7, 11) is 0. The zero-order valence-electron chi connectivity index (χ0n) is 24.1. The van der Waals surface area contributed by atoms with E-state index >= 15 is 0 Å². The number of halogens is 5. The summed E-state index contributed by atoms with van der Waals surface area (Å²) < 4.78 is 9.51. The molecule has 0 bridgehead atoms. The van der Waals surface area contributed by atoms with Crippen molar-refractivity contribution in [3.05, 3.63) is 108 Å². The summed E-state index contributed by atoms with van der Waals surface area (Å²) in [6.45, 7) is 5.52. The van der Waals surface area contributed by atoms with Gasteiger partial charge in [-0.15, -0.1) is 0 Å². The molecular formula is C27H27Cl5N7O6P. The number of amides is 2. The van der Waals surface area contributed by atoms with Gasteiger partial charge in [-0.1, -0.05) is 48.0 Å². The summed E-state index contributed by atoms with van der Waals surface area (Å²) >= 11 is 25.5. The Balaban J connectivity index is 0.000000306. The van der Waals surface area contributed by atoms with Gasteiger partial charge in [0, 0.05) is 11.1 Å². The summed E-state index contributed by atoms with van der Waals surface area (Å²) in [6, 6.07) is 15.3. The number of aromatic amines is 2. The molecule has 0 unspecified atom stereocenters. The highest BCUT2D eigenvalue weighted by atomic mass is 36.0. The fraction of sp³-hybridized carbons (Fsp3) is 0.111. The summed E-state index contributed by atoms with van der Waals surface area (Å²) in [5, 5.41) is 7.45. The Morgan fingerprint density at radius 2 is 1.28 bits per heavy atom. The van der Waals surface area contributed by atoms with E-state index in [0.29, 0.717) is 27.3 Å². The van der Waals surface area contributed by atoms with E-state index in [1.807, 2.05) is 38.1 Å². The van der Waals surface area contributed by atoms with Gasteiger partial charge in [-0.25, -0.2) is 24.4 Å². The molecule has 0 aliphatic carbocycles. The summed E-state index contributed by atoms with van der Waals surface area (Å²) in [4.78, 5) is 54.5. The van der Waals surface area contributed by atoms with E-state index in [1.54, 1.807) is 37.3 Å². The molecule has 2 heterocycles. The first kappa shape index (κ1) is 40.2. The number of nitrogen functional groups attached to an aromatic ring is 1. The number of carboxylic acid groups (broad SMARTS) is 1. The van der Waals surface area contributed by atoms with Gasteiger partial charge in [0.25, 0.3) is 5.56 Å². The number of fused-ring (bicyclic) bond motifs is 2. The second kappa shape index (κ2) is 18.3. The number of carboxylic acids is 1. The van der Waals surface area contributed by atoms with Crippen LogP contribution in [-0.4, -0.2) is 37.0 Å². The fourth-order valence-electron chi connectivity index (χ4n) is 3.65. The van der Waals surface area contributed by atoms with Crippen molar-refractivity contribution in [1.29, 1.82) is 0 Å². The lowest BCUT2D eigenvalue weighted by atomic mass is 10.1. The lowest BCUT2D eigenvalue weighted by molar-refractivity contribution is 0.0697. The molecule has 0 aliphatic rings. The summed E-state index contributed by atoms with van der Waals surface area (Å²) in [5.74, 6) is -0.972. The summed E-state index contributed by atoms with van der Waals surface area (Å²) in [5.41, 5.74) is 17.6. The minimum absolute atomic E-state index is 0.183. The van der Waals surface area contributed by atoms with Gasteiger partial charge in [0.2, 0.25) is 5.28 Å². The predicted octanol–water partition coefficient (Wildman–Crippen LogP) is 6.88. The van der Waals surface area contributed by atoms with Gasteiger partial charge in [0.1, 0.15) is 5.15 Å². The van der Waals surface area contributed by atoms with Crippen molar-refractivity contribution in [1.82, 2.24) is 19.9 Å². The highest BCUT2D eigenvalue weighted by Crippen LogP contribution is 2.61. The standard InChI is InChI=1S/C9H6Cl2N2.C9H8N2O2.C8H9NO2.CH4N2O.Cl3OP/c1-5-3-2-4-6-7(5)8(10)13-9(11)12-6;1-5-3-2-4-6-7(5)8(12)11-9(13)10-6;1-5-3-2-4-6(9)7(5)8(10)11;2-1(3)4;1-5(2,3)4/h2-4H,1H3;2-4H,1H3,(H2,10,11,12,13);2-4H,9H2,1H3,(H,10,11);(H4,2,3,4);. The normalized spacial score (nSPS) is 10.1. The van der Waals surface area contributed by atoms with Crippen LogP contribution in [-0.2, 0) is 4.57 Å². The average Bonchev–Trinajstić information content (AvgIpc) is 2.87. The Bertz CT molecular complexity index is 1990.